The molecule has 0 saturated carbocycles. The Balaban J connectivity index is 1.80. The van der Waals surface area contributed by atoms with E-state index in [-0.39, 0.29) is 0 Å². The van der Waals surface area contributed by atoms with Crippen molar-refractivity contribution in [2.75, 3.05) is 25.5 Å². The topological polar surface area (TPSA) is 15.3 Å². The Morgan fingerprint density at radius 2 is 1.76 bits per heavy atom. The Labute approximate surface area is 135 Å². The van der Waals surface area contributed by atoms with Gasteiger partial charge >= 0.3 is 0 Å². The zero-order chi connectivity index (χ0) is 14.8. The summed E-state index contributed by atoms with van der Waals surface area (Å²) in [6.45, 7) is 4.77. The van der Waals surface area contributed by atoms with Crippen LogP contribution in [0.1, 0.15) is 19.8 Å². The molecule has 1 fully saturated rings. The molecule has 0 radical (unpaired) electrons. The molecule has 0 amide bonds. The van der Waals surface area contributed by atoms with Crippen molar-refractivity contribution in [2.24, 2.45) is 5.92 Å². The summed E-state index contributed by atoms with van der Waals surface area (Å²) in [5.74, 6) is 0.767. The number of likely N-dealkylation sites (tertiary alicyclic amines) is 1. The van der Waals surface area contributed by atoms with Crippen LogP contribution in [0.2, 0.25) is 0 Å². The number of rotatable bonds is 3. The average molecular weight is 347 g/mol. The van der Waals surface area contributed by atoms with E-state index in [1.54, 1.807) is 0 Å². The number of piperidine rings is 1. The first-order valence-corrected chi connectivity index (χ1v) is 8.57. The van der Waals surface area contributed by atoms with Crippen molar-refractivity contribution < 1.29 is 0 Å². The number of halogens is 1. The molecule has 1 unspecified atom stereocenters. The third-order valence-corrected chi connectivity index (χ3v) is 5.42. The van der Waals surface area contributed by atoms with Crippen LogP contribution in [0.25, 0.3) is 10.8 Å². The molecule has 1 saturated heterocycles. The lowest BCUT2D eigenvalue weighted by Gasteiger charge is -2.33. The number of fused-ring (bicyclic) bond motifs is 1. The number of hydrogen-bond donors (Lipinski definition) is 1. The van der Waals surface area contributed by atoms with Crippen molar-refractivity contribution in [3.8, 4) is 0 Å². The summed E-state index contributed by atoms with van der Waals surface area (Å²) in [5, 5.41) is 6.33. The van der Waals surface area contributed by atoms with Crippen LogP contribution < -0.4 is 5.32 Å². The standard InChI is InChI=1S/C18H23BrN2/c1-13(14-9-11-21(2)12-10-14)20-18-8-7-17(19)15-5-3-4-6-16(15)18/h3-8,13-14,20H,9-12H2,1-2H3. The summed E-state index contributed by atoms with van der Waals surface area (Å²) in [4.78, 5) is 2.43. The summed E-state index contributed by atoms with van der Waals surface area (Å²) < 4.78 is 1.16. The van der Waals surface area contributed by atoms with Gasteiger partial charge in [0.05, 0.1) is 0 Å². The molecule has 1 heterocycles. The third kappa shape index (κ3) is 3.24. The first-order chi connectivity index (χ1) is 10.1. The lowest BCUT2D eigenvalue weighted by atomic mass is 9.90. The largest absolute Gasteiger partial charge is 0.382 e. The van der Waals surface area contributed by atoms with Gasteiger partial charge in [-0.25, -0.2) is 0 Å². The minimum absolute atomic E-state index is 0.517. The van der Waals surface area contributed by atoms with E-state index < -0.39 is 0 Å². The molecule has 2 nitrogen and oxygen atoms in total. The molecule has 0 spiro atoms. The summed E-state index contributed by atoms with van der Waals surface area (Å²) in [6.07, 6.45) is 2.58. The van der Waals surface area contributed by atoms with Crippen molar-refractivity contribution in [1.29, 1.82) is 0 Å². The molecular weight excluding hydrogens is 324 g/mol. The highest BCUT2D eigenvalue weighted by Gasteiger charge is 2.22. The molecular formula is C18H23BrN2. The maximum Gasteiger partial charge on any atom is 0.0422 e. The molecule has 2 aromatic carbocycles. The van der Waals surface area contributed by atoms with Gasteiger partial charge in [-0.3, -0.25) is 0 Å². The first-order valence-electron chi connectivity index (χ1n) is 7.77. The van der Waals surface area contributed by atoms with Gasteiger partial charge in [-0.1, -0.05) is 40.2 Å². The predicted molar refractivity (Wildman–Crippen MR) is 95.0 cm³/mol. The fourth-order valence-corrected chi connectivity index (χ4v) is 3.76. The van der Waals surface area contributed by atoms with Gasteiger partial charge in [-0.15, -0.1) is 0 Å². The van der Waals surface area contributed by atoms with Gasteiger partial charge in [-0.2, -0.15) is 0 Å². The number of hydrogen-bond acceptors (Lipinski definition) is 2. The predicted octanol–water partition coefficient (Wildman–Crippen LogP) is 4.74. The van der Waals surface area contributed by atoms with Crippen LogP contribution in [0.5, 0.6) is 0 Å². The highest BCUT2D eigenvalue weighted by atomic mass is 79.9. The first kappa shape index (κ1) is 14.9. The van der Waals surface area contributed by atoms with E-state index in [1.807, 2.05) is 0 Å². The quantitative estimate of drug-likeness (QED) is 0.862. The molecule has 1 aliphatic heterocycles. The lowest BCUT2D eigenvalue weighted by molar-refractivity contribution is 0.208. The van der Waals surface area contributed by atoms with E-state index in [0.29, 0.717) is 6.04 Å². The highest BCUT2D eigenvalue weighted by Crippen LogP contribution is 2.31. The summed E-state index contributed by atoms with van der Waals surface area (Å²) in [7, 11) is 2.22. The van der Waals surface area contributed by atoms with Crippen LogP contribution >= 0.6 is 15.9 Å². The Morgan fingerprint density at radius 3 is 2.48 bits per heavy atom. The van der Waals surface area contributed by atoms with Crippen LogP contribution in [0.4, 0.5) is 5.69 Å². The van der Waals surface area contributed by atoms with Crippen LogP contribution in [0, 0.1) is 5.92 Å². The van der Waals surface area contributed by atoms with Gasteiger partial charge in [0.2, 0.25) is 0 Å². The molecule has 3 rings (SSSR count). The molecule has 0 bridgehead atoms. The van der Waals surface area contributed by atoms with Crippen molar-refractivity contribution >= 4 is 32.4 Å². The minimum Gasteiger partial charge on any atom is -0.382 e. The zero-order valence-corrected chi connectivity index (χ0v) is 14.4. The van der Waals surface area contributed by atoms with Gasteiger partial charge < -0.3 is 10.2 Å². The van der Waals surface area contributed by atoms with Gasteiger partial charge in [0, 0.05) is 21.6 Å². The van der Waals surface area contributed by atoms with E-state index in [9.17, 15) is 0 Å². The maximum absolute atomic E-state index is 3.76. The molecule has 2 aromatic rings. The lowest BCUT2D eigenvalue weighted by Crippen LogP contribution is -2.37. The molecule has 0 aliphatic carbocycles. The van der Waals surface area contributed by atoms with Gasteiger partial charge in [0.15, 0.2) is 0 Å². The number of nitrogens with zero attached hydrogens (tertiary/aromatic N) is 1. The van der Waals surface area contributed by atoms with Crippen molar-refractivity contribution in [1.82, 2.24) is 4.90 Å². The second-order valence-electron chi connectivity index (χ2n) is 6.21. The third-order valence-electron chi connectivity index (χ3n) is 4.72. The van der Waals surface area contributed by atoms with Crippen LogP contribution in [-0.2, 0) is 0 Å². The Morgan fingerprint density at radius 1 is 1.10 bits per heavy atom. The van der Waals surface area contributed by atoms with Gasteiger partial charge in [-0.05, 0) is 63.3 Å². The van der Waals surface area contributed by atoms with E-state index >= 15 is 0 Å². The maximum atomic E-state index is 3.76. The Bertz CT molecular complexity index is 618. The highest BCUT2D eigenvalue weighted by molar-refractivity contribution is 9.10. The fraction of sp³-hybridized carbons (Fsp3) is 0.444. The summed E-state index contributed by atoms with van der Waals surface area (Å²) in [5.41, 5.74) is 1.25. The van der Waals surface area contributed by atoms with Gasteiger partial charge in [0.1, 0.15) is 0 Å². The Hall–Kier alpha value is -1.06. The van der Waals surface area contributed by atoms with E-state index in [2.05, 4.69) is 76.5 Å². The molecule has 21 heavy (non-hydrogen) atoms. The fourth-order valence-electron chi connectivity index (χ4n) is 3.28. The van der Waals surface area contributed by atoms with E-state index in [1.165, 1.54) is 42.4 Å². The zero-order valence-electron chi connectivity index (χ0n) is 12.8. The normalized spacial score (nSPS) is 18.8. The number of benzene rings is 2. The average Bonchev–Trinajstić information content (AvgIpc) is 2.51. The van der Waals surface area contributed by atoms with Gasteiger partial charge in [0.25, 0.3) is 0 Å². The van der Waals surface area contributed by atoms with Crippen LogP contribution in [0.15, 0.2) is 40.9 Å². The molecule has 1 atom stereocenters. The molecule has 1 aliphatic rings. The molecule has 1 N–H and O–H groups in total. The molecule has 3 heteroatoms. The van der Waals surface area contributed by atoms with E-state index in [0.717, 1.165) is 10.4 Å². The van der Waals surface area contributed by atoms with Crippen molar-refractivity contribution in [2.45, 2.75) is 25.8 Å². The van der Waals surface area contributed by atoms with Crippen molar-refractivity contribution in [3.63, 3.8) is 0 Å². The molecule has 0 aromatic heterocycles. The minimum atomic E-state index is 0.517. The molecule has 112 valence electrons. The monoisotopic (exact) mass is 346 g/mol. The summed E-state index contributed by atoms with van der Waals surface area (Å²) >= 11 is 3.65. The van der Waals surface area contributed by atoms with Crippen LogP contribution in [-0.4, -0.2) is 31.1 Å². The number of nitrogens with one attached hydrogen (secondary N) is 1. The SMILES string of the molecule is CC(Nc1ccc(Br)c2ccccc12)C1CCN(C)CC1. The van der Waals surface area contributed by atoms with Crippen molar-refractivity contribution in [3.05, 3.63) is 40.9 Å². The van der Waals surface area contributed by atoms with Crippen LogP contribution in [0.3, 0.4) is 0 Å². The number of anilines is 1. The second kappa shape index (κ2) is 6.37. The second-order valence-corrected chi connectivity index (χ2v) is 7.07. The smallest absolute Gasteiger partial charge is 0.0422 e. The van der Waals surface area contributed by atoms with E-state index in [4.69, 9.17) is 0 Å². The Kier molecular flexibility index (Phi) is 4.51. The summed E-state index contributed by atoms with van der Waals surface area (Å²) in [6, 6.07) is 13.4.